The lowest BCUT2D eigenvalue weighted by Gasteiger charge is -2.34. The molecule has 3 aromatic rings. The van der Waals surface area contributed by atoms with Gasteiger partial charge in [0.2, 0.25) is 0 Å². The number of morpholine rings is 1. The predicted octanol–water partition coefficient (Wildman–Crippen LogP) is 2.86. The molecule has 2 saturated heterocycles. The highest BCUT2D eigenvalue weighted by molar-refractivity contribution is 7.80. The topological polar surface area (TPSA) is 71.3 Å². The zero-order chi connectivity index (χ0) is 21.9. The summed E-state index contributed by atoms with van der Waals surface area (Å²) in [4.78, 5) is 14.5. The van der Waals surface area contributed by atoms with Crippen LogP contribution in [0.5, 0.6) is 0 Å². The third-order valence-electron chi connectivity index (χ3n) is 6.20. The minimum atomic E-state index is 0.296. The Balaban J connectivity index is 1.50. The molecule has 32 heavy (non-hydrogen) atoms. The Morgan fingerprint density at radius 1 is 1.09 bits per heavy atom. The highest BCUT2D eigenvalue weighted by Gasteiger charge is 2.26. The number of nitrogens with one attached hydrogen (secondary N) is 1. The van der Waals surface area contributed by atoms with Crippen LogP contribution in [0.4, 0.5) is 5.82 Å². The number of hydrogen-bond donors (Lipinski definition) is 1. The molecule has 5 rings (SSSR count). The van der Waals surface area contributed by atoms with E-state index in [9.17, 15) is 0 Å². The molecule has 1 N–H and O–H groups in total. The first-order valence-electron chi connectivity index (χ1n) is 11.4. The van der Waals surface area contributed by atoms with E-state index in [0.29, 0.717) is 19.3 Å². The van der Waals surface area contributed by atoms with Crippen molar-refractivity contribution < 1.29 is 4.74 Å². The van der Waals surface area contributed by atoms with E-state index in [0.717, 1.165) is 78.9 Å². The van der Waals surface area contributed by atoms with Crippen molar-refractivity contribution in [2.24, 2.45) is 0 Å². The maximum Gasteiger partial charge on any atom is 0.168 e. The molecule has 2 aliphatic rings. The van der Waals surface area contributed by atoms with Crippen LogP contribution >= 0.6 is 12.2 Å². The molecule has 0 saturated carbocycles. The van der Waals surface area contributed by atoms with Crippen LogP contribution in [0.15, 0.2) is 36.5 Å². The van der Waals surface area contributed by atoms with Gasteiger partial charge in [-0.05, 0) is 32.0 Å². The summed E-state index contributed by atoms with van der Waals surface area (Å²) in [6.45, 7) is 7.85. The van der Waals surface area contributed by atoms with Gasteiger partial charge in [-0.2, -0.15) is 5.10 Å². The minimum Gasteiger partial charge on any atom is -0.378 e. The number of piperidine rings is 1. The molecule has 0 bridgehead atoms. The van der Waals surface area contributed by atoms with Gasteiger partial charge in [-0.15, -0.1) is 0 Å². The first-order chi connectivity index (χ1) is 15.7. The molecule has 0 radical (unpaired) electrons. The van der Waals surface area contributed by atoms with E-state index in [1.54, 1.807) is 0 Å². The second-order valence-electron chi connectivity index (χ2n) is 8.22. The molecule has 0 spiro atoms. The molecular weight excluding hydrogens is 422 g/mol. The second kappa shape index (κ2) is 9.38. The number of ether oxygens (including phenoxy) is 1. The molecule has 9 heteroatoms. The fraction of sp³-hybridized carbons (Fsp3) is 0.478. The number of anilines is 1. The number of nitrogens with zero attached hydrogens (tertiary/aromatic N) is 6. The quantitative estimate of drug-likeness (QED) is 0.607. The van der Waals surface area contributed by atoms with Gasteiger partial charge in [0.15, 0.2) is 16.6 Å². The van der Waals surface area contributed by atoms with E-state index < -0.39 is 0 Å². The van der Waals surface area contributed by atoms with Crippen molar-refractivity contribution in [3.8, 4) is 11.4 Å². The van der Waals surface area contributed by atoms with Crippen molar-refractivity contribution in [3.63, 3.8) is 0 Å². The lowest BCUT2D eigenvalue weighted by atomic mass is 10.1. The van der Waals surface area contributed by atoms with Gasteiger partial charge in [0, 0.05) is 38.3 Å². The highest BCUT2D eigenvalue weighted by Crippen LogP contribution is 2.32. The summed E-state index contributed by atoms with van der Waals surface area (Å²) in [5.74, 6) is 1.70. The van der Waals surface area contributed by atoms with Gasteiger partial charge in [0.05, 0.1) is 30.8 Å². The number of hydrogen-bond acceptors (Lipinski definition) is 6. The lowest BCUT2D eigenvalue weighted by molar-refractivity contribution is 0.122. The zero-order valence-electron chi connectivity index (χ0n) is 18.4. The molecule has 0 amide bonds. The summed E-state index contributed by atoms with van der Waals surface area (Å²) in [6.07, 6.45) is 3.91. The van der Waals surface area contributed by atoms with E-state index >= 15 is 0 Å². The molecule has 1 aromatic carbocycles. The summed E-state index contributed by atoms with van der Waals surface area (Å²) < 4.78 is 7.68. The Bertz CT molecular complexity index is 1070. The van der Waals surface area contributed by atoms with Crippen LogP contribution in [0, 0.1) is 0 Å². The molecule has 0 unspecified atom stereocenters. The first-order valence-corrected chi connectivity index (χ1v) is 11.8. The van der Waals surface area contributed by atoms with Crippen LogP contribution in [0.3, 0.4) is 0 Å². The van der Waals surface area contributed by atoms with Gasteiger partial charge in [-0.1, -0.05) is 30.3 Å². The fourth-order valence-electron chi connectivity index (χ4n) is 4.49. The van der Waals surface area contributed by atoms with Crippen LogP contribution < -0.4 is 10.2 Å². The van der Waals surface area contributed by atoms with Crippen molar-refractivity contribution in [2.75, 3.05) is 50.8 Å². The lowest BCUT2D eigenvalue weighted by Crippen LogP contribution is -2.44. The molecule has 0 aliphatic carbocycles. The molecule has 2 fully saturated rings. The molecule has 4 heterocycles. The average molecular weight is 452 g/mol. The zero-order valence-corrected chi connectivity index (χ0v) is 19.2. The Hall–Kier alpha value is -2.78. The first kappa shape index (κ1) is 21.1. The molecule has 168 valence electrons. The third-order valence-corrected chi connectivity index (χ3v) is 6.60. The Labute approximate surface area is 193 Å². The van der Waals surface area contributed by atoms with E-state index in [1.807, 2.05) is 24.4 Å². The minimum absolute atomic E-state index is 0.296. The third kappa shape index (κ3) is 4.14. The van der Waals surface area contributed by atoms with Gasteiger partial charge in [-0.25, -0.2) is 14.6 Å². The van der Waals surface area contributed by atoms with Crippen molar-refractivity contribution in [1.82, 2.24) is 30.0 Å². The van der Waals surface area contributed by atoms with Crippen LogP contribution in [-0.2, 0) is 4.74 Å². The summed E-state index contributed by atoms with van der Waals surface area (Å²) in [7, 11) is 0. The Kier molecular flexibility index (Phi) is 6.18. The number of aromatic nitrogens is 4. The summed E-state index contributed by atoms with van der Waals surface area (Å²) in [5, 5.41) is 9.93. The SMILES string of the molecule is CCNC(=S)N1CCC(n2ncc3c(N4CCOCC4)nc(-c4ccccc4)nc32)CC1. The van der Waals surface area contributed by atoms with Crippen LogP contribution in [-0.4, -0.2) is 75.7 Å². The van der Waals surface area contributed by atoms with Gasteiger partial charge < -0.3 is 19.9 Å². The molecule has 2 aromatic heterocycles. The fourth-order valence-corrected chi connectivity index (χ4v) is 4.81. The summed E-state index contributed by atoms with van der Waals surface area (Å²) >= 11 is 5.51. The van der Waals surface area contributed by atoms with Gasteiger partial charge in [0.1, 0.15) is 5.82 Å². The van der Waals surface area contributed by atoms with Gasteiger partial charge >= 0.3 is 0 Å². The summed E-state index contributed by atoms with van der Waals surface area (Å²) in [5.41, 5.74) is 1.93. The van der Waals surface area contributed by atoms with E-state index in [4.69, 9.17) is 32.0 Å². The Morgan fingerprint density at radius 2 is 1.84 bits per heavy atom. The molecular formula is C23H29N7OS. The van der Waals surface area contributed by atoms with E-state index in [2.05, 4.69) is 38.9 Å². The summed E-state index contributed by atoms with van der Waals surface area (Å²) in [6, 6.07) is 10.5. The highest BCUT2D eigenvalue weighted by atomic mass is 32.1. The monoisotopic (exact) mass is 451 g/mol. The van der Waals surface area contributed by atoms with Crippen molar-refractivity contribution in [3.05, 3.63) is 36.5 Å². The van der Waals surface area contributed by atoms with Gasteiger partial charge in [0.25, 0.3) is 0 Å². The van der Waals surface area contributed by atoms with E-state index in [1.165, 1.54) is 0 Å². The largest absolute Gasteiger partial charge is 0.378 e. The van der Waals surface area contributed by atoms with Crippen LogP contribution in [0.1, 0.15) is 25.8 Å². The molecule has 2 aliphatic heterocycles. The number of fused-ring (bicyclic) bond motifs is 1. The van der Waals surface area contributed by atoms with Crippen molar-refractivity contribution in [2.45, 2.75) is 25.8 Å². The maximum atomic E-state index is 5.57. The molecule has 0 atom stereocenters. The van der Waals surface area contributed by atoms with Crippen molar-refractivity contribution in [1.29, 1.82) is 0 Å². The smallest absolute Gasteiger partial charge is 0.168 e. The average Bonchev–Trinajstić information content (AvgIpc) is 3.29. The van der Waals surface area contributed by atoms with Crippen molar-refractivity contribution >= 4 is 34.2 Å². The Morgan fingerprint density at radius 3 is 2.56 bits per heavy atom. The number of rotatable bonds is 4. The maximum absolute atomic E-state index is 5.57. The van der Waals surface area contributed by atoms with Gasteiger partial charge in [-0.3, -0.25) is 0 Å². The number of thiocarbonyl (C=S) groups is 1. The normalized spacial score (nSPS) is 17.7. The molecule has 8 nitrogen and oxygen atoms in total. The number of likely N-dealkylation sites (tertiary alicyclic amines) is 1. The second-order valence-corrected chi connectivity index (χ2v) is 8.60. The number of benzene rings is 1. The predicted molar refractivity (Wildman–Crippen MR) is 130 cm³/mol. The van der Waals surface area contributed by atoms with E-state index in [-0.39, 0.29) is 0 Å². The van der Waals surface area contributed by atoms with Crippen LogP contribution in [0.25, 0.3) is 22.4 Å². The van der Waals surface area contributed by atoms with Crippen LogP contribution in [0.2, 0.25) is 0 Å². The standard InChI is InChI=1S/C23H29N7OS/c1-2-24-23(32)29-10-8-18(9-11-29)30-22-19(16-25-30)21(28-12-14-31-15-13-28)26-20(27-22)17-6-4-3-5-7-17/h3-7,16,18H,2,8-15H2,1H3,(H,24,32).